The molecule has 1 aromatic rings. The highest BCUT2D eigenvalue weighted by molar-refractivity contribution is 5.35. The summed E-state index contributed by atoms with van der Waals surface area (Å²) in [6, 6.07) is 7.48. The van der Waals surface area contributed by atoms with E-state index in [4.69, 9.17) is 4.74 Å². The van der Waals surface area contributed by atoms with Crippen molar-refractivity contribution in [2.24, 2.45) is 0 Å². The number of benzene rings is 1. The van der Waals surface area contributed by atoms with Gasteiger partial charge >= 0.3 is 0 Å². The Bertz CT molecular complexity index is 382. The summed E-state index contributed by atoms with van der Waals surface area (Å²) in [5.74, 6) is 0. The van der Waals surface area contributed by atoms with Gasteiger partial charge in [-0.2, -0.15) is 0 Å². The molecule has 3 rings (SSSR count). The molecule has 1 unspecified atom stereocenters. The van der Waals surface area contributed by atoms with Crippen LogP contribution in [0, 0.1) is 6.92 Å². The zero-order valence-electron chi connectivity index (χ0n) is 9.91. The maximum Gasteiger partial charge on any atom is 0.134 e. The van der Waals surface area contributed by atoms with E-state index in [1.165, 1.54) is 36.1 Å². The maximum atomic E-state index is 6.00. The fourth-order valence-electron chi connectivity index (χ4n) is 3.05. The predicted octanol–water partition coefficient (Wildman–Crippen LogP) is 1.33. The summed E-state index contributed by atoms with van der Waals surface area (Å²) < 4.78 is 6.00. The summed E-state index contributed by atoms with van der Waals surface area (Å²) in [4.78, 5) is 0. The minimum Gasteiger partial charge on any atom is -0.367 e. The van der Waals surface area contributed by atoms with Gasteiger partial charge in [0.05, 0.1) is 13.2 Å². The summed E-state index contributed by atoms with van der Waals surface area (Å²) >= 11 is 0. The van der Waals surface area contributed by atoms with Crippen molar-refractivity contribution >= 4 is 0 Å². The number of hydrogen-bond donors (Lipinski definition) is 1. The Kier molecular flexibility index (Phi) is 2.70. The van der Waals surface area contributed by atoms with Crippen LogP contribution in [0.1, 0.15) is 35.6 Å². The van der Waals surface area contributed by atoms with E-state index in [0.29, 0.717) is 12.1 Å². The third kappa shape index (κ3) is 1.76. The summed E-state index contributed by atoms with van der Waals surface area (Å²) in [7, 11) is 0. The van der Waals surface area contributed by atoms with Gasteiger partial charge in [-0.3, -0.25) is 0 Å². The average molecular weight is 218 g/mol. The largest absolute Gasteiger partial charge is 0.367 e. The van der Waals surface area contributed by atoms with E-state index in [-0.39, 0.29) is 0 Å². The molecule has 16 heavy (non-hydrogen) atoms. The zero-order chi connectivity index (χ0) is 11.0. The number of quaternary nitrogens is 1. The maximum absolute atomic E-state index is 6.00. The van der Waals surface area contributed by atoms with Gasteiger partial charge in [0.2, 0.25) is 0 Å². The first kappa shape index (κ1) is 10.3. The second kappa shape index (κ2) is 4.19. The molecule has 0 bridgehead atoms. The van der Waals surface area contributed by atoms with E-state index in [1.807, 2.05) is 0 Å². The van der Waals surface area contributed by atoms with Gasteiger partial charge in [-0.15, -0.1) is 0 Å². The van der Waals surface area contributed by atoms with Crippen LogP contribution >= 0.6 is 0 Å². The van der Waals surface area contributed by atoms with E-state index < -0.39 is 0 Å². The van der Waals surface area contributed by atoms with Crippen molar-refractivity contribution in [3.8, 4) is 0 Å². The number of ether oxygens (including phenoxy) is 1. The van der Waals surface area contributed by atoms with Crippen LogP contribution in [0.2, 0.25) is 0 Å². The lowest BCUT2D eigenvalue weighted by Crippen LogP contribution is -2.87. The fraction of sp³-hybridized carbons (Fsp3) is 0.571. The molecule has 0 amide bonds. The van der Waals surface area contributed by atoms with Crippen LogP contribution < -0.4 is 5.32 Å². The molecule has 2 atom stereocenters. The highest BCUT2D eigenvalue weighted by Gasteiger charge is 2.33. The second-order valence-electron chi connectivity index (χ2n) is 5.07. The summed E-state index contributed by atoms with van der Waals surface area (Å²) in [6.07, 6.45) is 4.07. The number of nitrogens with two attached hydrogens (primary N) is 1. The molecule has 1 aromatic carbocycles. The van der Waals surface area contributed by atoms with Crippen molar-refractivity contribution in [2.75, 3.05) is 13.2 Å². The van der Waals surface area contributed by atoms with Crippen molar-refractivity contribution in [3.05, 3.63) is 34.9 Å². The van der Waals surface area contributed by atoms with Crippen molar-refractivity contribution in [1.82, 2.24) is 0 Å². The van der Waals surface area contributed by atoms with Crippen LogP contribution in [0.15, 0.2) is 18.2 Å². The topological polar surface area (TPSA) is 25.8 Å². The molecule has 2 heterocycles. The molecule has 2 aliphatic heterocycles. The molecule has 1 saturated heterocycles. The normalized spacial score (nSPS) is 29.1. The predicted molar refractivity (Wildman–Crippen MR) is 63.4 cm³/mol. The van der Waals surface area contributed by atoms with E-state index in [0.717, 1.165) is 13.0 Å². The van der Waals surface area contributed by atoms with Gasteiger partial charge in [0.1, 0.15) is 12.1 Å². The van der Waals surface area contributed by atoms with Gasteiger partial charge in [0.15, 0.2) is 0 Å². The zero-order valence-corrected chi connectivity index (χ0v) is 9.91. The second-order valence-corrected chi connectivity index (χ2v) is 5.07. The Morgan fingerprint density at radius 1 is 1.38 bits per heavy atom. The van der Waals surface area contributed by atoms with Crippen LogP contribution in [0.3, 0.4) is 0 Å². The number of fused-ring (bicyclic) bond motifs is 1. The highest BCUT2D eigenvalue weighted by Crippen LogP contribution is 2.31. The molecule has 2 heteroatoms. The molecule has 2 aliphatic rings. The molecule has 0 aromatic heterocycles. The minimum atomic E-state index is 0.340. The number of aryl methyl sites for hydroxylation is 1. The lowest BCUT2D eigenvalue weighted by Gasteiger charge is -2.28. The molecule has 2 N–H and O–H groups in total. The Morgan fingerprint density at radius 2 is 2.31 bits per heavy atom. The molecule has 2 nitrogen and oxygen atoms in total. The van der Waals surface area contributed by atoms with Gasteiger partial charge in [0, 0.05) is 12.8 Å². The molecule has 0 spiro atoms. The summed E-state index contributed by atoms with van der Waals surface area (Å²) in [6.45, 7) is 4.34. The first-order valence-electron chi connectivity index (χ1n) is 6.39. The molecule has 0 aliphatic carbocycles. The molecule has 0 radical (unpaired) electrons. The van der Waals surface area contributed by atoms with Gasteiger partial charge in [-0.1, -0.05) is 23.8 Å². The minimum absolute atomic E-state index is 0.340. The van der Waals surface area contributed by atoms with Crippen LogP contribution in [-0.2, 0) is 11.2 Å². The van der Waals surface area contributed by atoms with E-state index >= 15 is 0 Å². The quantitative estimate of drug-likeness (QED) is 0.756. The van der Waals surface area contributed by atoms with Crippen LogP contribution in [0.5, 0.6) is 0 Å². The van der Waals surface area contributed by atoms with E-state index in [9.17, 15) is 0 Å². The Hall–Kier alpha value is -0.860. The smallest absolute Gasteiger partial charge is 0.134 e. The summed E-state index contributed by atoms with van der Waals surface area (Å²) in [5.41, 5.74) is 4.33. The molecule has 0 saturated carbocycles. The third-order valence-electron chi connectivity index (χ3n) is 3.87. The first-order valence-corrected chi connectivity index (χ1v) is 6.39. The van der Waals surface area contributed by atoms with Gasteiger partial charge < -0.3 is 10.1 Å². The Balaban J connectivity index is 1.93. The Labute approximate surface area is 97.0 Å². The molecular weight excluding hydrogens is 198 g/mol. The third-order valence-corrected chi connectivity index (χ3v) is 3.87. The highest BCUT2D eigenvalue weighted by atomic mass is 16.5. The first-order chi connectivity index (χ1) is 7.84. The van der Waals surface area contributed by atoms with E-state index in [1.54, 1.807) is 0 Å². The molecule has 1 fully saturated rings. The monoisotopic (exact) mass is 218 g/mol. The van der Waals surface area contributed by atoms with Crippen molar-refractivity contribution in [2.45, 2.75) is 38.3 Å². The van der Waals surface area contributed by atoms with Crippen LogP contribution in [0.4, 0.5) is 0 Å². The van der Waals surface area contributed by atoms with Gasteiger partial charge in [-0.25, -0.2) is 0 Å². The lowest BCUT2D eigenvalue weighted by molar-refractivity contribution is -0.679. The van der Waals surface area contributed by atoms with Crippen molar-refractivity contribution in [3.63, 3.8) is 0 Å². The number of hydrogen-bond acceptors (Lipinski definition) is 1. The summed E-state index contributed by atoms with van der Waals surface area (Å²) in [5, 5.41) is 2.46. The van der Waals surface area contributed by atoms with Crippen molar-refractivity contribution in [1.29, 1.82) is 0 Å². The Morgan fingerprint density at radius 3 is 3.12 bits per heavy atom. The SMILES string of the molecule is Cc1ccc2c(c1)CCOC2[C@H]1CCC[NH2+]1. The standard InChI is InChI=1S/C14H19NO/c1-10-4-5-12-11(9-10)6-8-16-14(12)13-3-2-7-15-13/h4-5,9,13-15H,2-3,6-8H2,1H3/p+1/t13-,14?/m1/s1. The average Bonchev–Trinajstić information content (AvgIpc) is 2.81. The van der Waals surface area contributed by atoms with Gasteiger partial charge in [0.25, 0.3) is 0 Å². The number of rotatable bonds is 1. The lowest BCUT2D eigenvalue weighted by atomic mass is 9.91. The fourth-order valence-corrected chi connectivity index (χ4v) is 3.05. The van der Waals surface area contributed by atoms with Gasteiger partial charge in [-0.05, 0) is 24.5 Å². The van der Waals surface area contributed by atoms with Crippen molar-refractivity contribution < 1.29 is 10.1 Å². The molecular formula is C14H20NO+. The van der Waals surface area contributed by atoms with E-state index in [2.05, 4.69) is 30.4 Å². The van der Waals surface area contributed by atoms with Crippen LogP contribution in [-0.4, -0.2) is 19.2 Å². The molecule has 86 valence electrons. The van der Waals surface area contributed by atoms with Crippen LogP contribution in [0.25, 0.3) is 0 Å².